The van der Waals surface area contributed by atoms with Crippen LogP contribution in [-0.4, -0.2) is 32.2 Å². The van der Waals surface area contributed by atoms with Crippen molar-refractivity contribution >= 4 is 21.6 Å². The molecule has 1 N–H and O–H groups in total. The van der Waals surface area contributed by atoms with E-state index in [1.807, 2.05) is 26.0 Å². The van der Waals surface area contributed by atoms with Crippen molar-refractivity contribution in [1.82, 2.24) is 5.32 Å². The number of amides is 1. The molecule has 0 heterocycles. The Morgan fingerprint density at radius 2 is 1.61 bits per heavy atom. The Bertz CT molecular complexity index is 812. The molecule has 0 unspecified atom stereocenters. The third kappa shape index (κ3) is 3.68. The highest BCUT2D eigenvalue weighted by Gasteiger charge is 2.52. The molecule has 154 valence electrons. The SMILES string of the molecule is CC[C@H](C(=O)NC12CC3CC(CC(C3)C1)C2)N(c1ccc(C)cc1)S(C)(=O)=O. The van der Waals surface area contributed by atoms with Crippen molar-refractivity contribution < 1.29 is 13.2 Å². The molecule has 6 heteroatoms. The van der Waals surface area contributed by atoms with Gasteiger partial charge in [-0.15, -0.1) is 0 Å². The van der Waals surface area contributed by atoms with Crippen LogP contribution in [0.5, 0.6) is 0 Å². The summed E-state index contributed by atoms with van der Waals surface area (Å²) in [5.74, 6) is 2.05. The molecular formula is C22H32N2O3S. The molecule has 5 rings (SSSR count). The number of hydrogen-bond donors (Lipinski definition) is 1. The van der Waals surface area contributed by atoms with Gasteiger partial charge in [0.2, 0.25) is 15.9 Å². The zero-order valence-electron chi connectivity index (χ0n) is 17.1. The van der Waals surface area contributed by atoms with Gasteiger partial charge in [-0.25, -0.2) is 8.42 Å². The Balaban J connectivity index is 1.59. The normalized spacial score (nSPS) is 32.2. The number of rotatable bonds is 6. The molecule has 1 aromatic rings. The van der Waals surface area contributed by atoms with Gasteiger partial charge >= 0.3 is 0 Å². The smallest absolute Gasteiger partial charge is 0.244 e. The predicted octanol–water partition coefficient (Wildman–Crippen LogP) is 3.62. The molecule has 0 aromatic heterocycles. The molecule has 4 aliphatic carbocycles. The molecule has 0 spiro atoms. The second kappa shape index (κ2) is 7.05. The van der Waals surface area contributed by atoms with E-state index in [1.54, 1.807) is 12.1 Å². The topological polar surface area (TPSA) is 66.5 Å². The maximum Gasteiger partial charge on any atom is 0.244 e. The number of nitrogens with one attached hydrogen (secondary N) is 1. The van der Waals surface area contributed by atoms with Crippen LogP contribution in [0.25, 0.3) is 0 Å². The lowest BCUT2D eigenvalue weighted by molar-refractivity contribution is -0.128. The van der Waals surface area contributed by atoms with Crippen LogP contribution < -0.4 is 9.62 Å². The van der Waals surface area contributed by atoms with E-state index in [4.69, 9.17) is 0 Å². The highest BCUT2D eigenvalue weighted by molar-refractivity contribution is 7.92. The van der Waals surface area contributed by atoms with Crippen molar-refractivity contribution in [3.05, 3.63) is 29.8 Å². The fourth-order valence-corrected chi connectivity index (χ4v) is 7.57. The lowest BCUT2D eigenvalue weighted by Gasteiger charge is -2.57. The maximum absolute atomic E-state index is 13.4. The summed E-state index contributed by atoms with van der Waals surface area (Å²) in [6.45, 7) is 3.85. The monoisotopic (exact) mass is 404 g/mol. The average Bonchev–Trinajstić information content (AvgIpc) is 2.57. The van der Waals surface area contributed by atoms with Crippen LogP contribution >= 0.6 is 0 Å². The Kier molecular flexibility index (Phi) is 4.97. The van der Waals surface area contributed by atoms with Gasteiger partial charge in [0.05, 0.1) is 11.9 Å². The molecule has 1 aromatic carbocycles. The quantitative estimate of drug-likeness (QED) is 0.787. The second-order valence-electron chi connectivity index (χ2n) is 9.51. The van der Waals surface area contributed by atoms with Crippen LogP contribution in [0.1, 0.15) is 57.4 Å². The van der Waals surface area contributed by atoms with Crippen molar-refractivity contribution in [2.75, 3.05) is 10.6 Å². The molecule has 4 saturated carbocycles. The Morgan fingerprint density at radius 3 is 2.04 bits per heavy atom. The summed E-state index contributed by atoms with van der Waals surface area (Å²) in [5, 5.41) is 3.36. The molecule has 0 saturated heterocycles. The minimum absolute atomic E-state index is 0.115. The van der Waals surface area contributed by atoms with Gasteiger partial charge in [0.15, 0.2) is 0 Å². The van der Waals surface area contributed by atoms with E-state index in [2.05, 4.69) is 5.32 Å². The average molecular weight is 405 g/mol. The summed E-state index contributed by atoms with van der Waals surface area (Å²) in [6, 6.07) is 6.63. The highest BCUT2D eigenvalue weighted by atomic mass is 32.2. The molecule has 4 aliphatic rings. The minimum Gasteiger partial charge on any atom is -0.349 e. The van der Waals surface area contributed by atoms with E-state index in [0.717, 1.165) is 42.6 Å². The standard InChI is InChI=1S/C22H32N2O3S/c1-4-20(24(28(3,26)27)19-7-5-15(2)6-8-19)21(25)23-22-12-16-9-17(13-22)11-18(10-16)14-22/h5-8,16-18,20H,4,9-14H2,1-3H3,(H,23,25)/t16?,17?,18?,20-,22?/m1/s1. The third-order valence-electron chi connectivity index (χ3n) is 7.04. The Labute approximate surface area is 168 Å². The fourth-order valence-electron chi connectivity index (χ4n) is 6.36. The zero-order valence-corrected chi connectivity index (χ0v) is 18.0. The Morgan fingerprint density at radius 1 is 1.11 bits per heavy atom. The molecule has 4 bridgehead atoms. The predicted molar refractivity (Wildman–Crippen MR) is 112 cm³/mol. The number of benzene rings is 1. The second-order valence-corrected chi connectivity index (χ2v) is 11.4. The van der Waals surface area contributed by atoms with Gasteiger partial charge < -0.3 is 5.32 Å². The van der Waals surface area contributed by atoms with Crippen LogP contribution in [-0.2, 0) is 14.8 Å². The van der Waals surface area contributed by atoms with Crippen molar-refractivity contribution in [1.29, 1.82) is 0 Å². The van der Waals surface area contributed by atoms with E-state index in [-0.39, 0.29) is 11.4 Å². The number of carbonyl (C=O) groups excluding carboxylic acids is 1. The van der Waals surface area contributed by atoms with Crippen molar-refractivity contribution in [3.8, 4) is 0 Å². The van der Waals surface area contributed by atoms with Gasteiger partial charge in [0.25, 0.3) is 0 Å². The largest absolute Gasteiger partial charge is 0.349 e. The molecule has 1 amide bonds. The summed E-state index contributed by atoms with van der Waals surface area (Å²) >= 11 is 0. The summed E-state index contributed by atoms with van der Waals surface area (Å²) in [4.78, 5) is 13.4. The van der Waals surface area contributed by atoms with Crippen LogP contribution in [0.2, 0.25) is 0 Å². The first-order chi connectivity index (χ1) is 13.2. The molecule has 1 atom stereocenters. The van der Waals surface area contributed by atoms with Crippen molar-refractivity contribution in [2.45, 2.75) is 70.4 Å². The van der Waals surface area contributed by atoms with Crippen LogP contribution in [0.15, 0.2) is 24.3 Å². The van der Waals surface area contributed by atoms with Gasteiger partial charge in [-0.3, -0.25) is 9.10 Å². The van der Waals surface area contributed by atoms with Crippen molar-refractivity contribution in [2.24, 2.45) is 17.8 Å². The van der Waals surface area contributed by atoms with Gasteiger partial charge in [-0.05, 0) is 81.8 Å². The van der Waals surface area contributed by atoms with Crippen molar-refractivity contribution in [3.63, 3.8) is 0 Å². The summed E-state index contributed by atoms with van der Waals surface area (Å²) in [7, 11) is -3.58. The number of hydrogen-bond acceptors (Lipinski definition) is 3. The van der Waals surface area contributed by atoms with Gasteiger partial charge in [0, 0.05) is 5.54 Å². The molecule has 4 fully saturated rings. The van der Waals surface area contributed by atoms with Crippen LogP contribution in [0.4, 0.5) is 5.69 Å². The number of sulfonamides is 1. The van der Waals surface area contributed by atoms with Gasteiger partial charge in [-0.1, -0.05) is 24.6 Å². The minimum atomic E-state index is -3.58. The molecule has 0 radical (unpaired) electrons. The first-order valence-corrected chi connectivity index (χ1v) is 12.4. The first-order valence-electron chi connectivity index (χ1n) is 10.6. The van der Waals surface area contributed by atoms with E-state index in [1.165, 1.54) is 29.8 Å². The molecule has 28 heavy (non-hydrogen) atoms. The summed E-state index contributed by atoms with van der Waals surface area (Å²) in [5.41, 5.74) is 1.50. The lowest BCUT2D eigenvalue weighted by Crippen LogP contribution is -2.63. The molecule has 5 nitrogen and oxygen atoms in total. The van der Waals surface area contributed by atoms with E-state index < -0.39 is 16.1 Å². The van der Waals surface area contributed by atoms with Crippen LogP contribution in [0, 0.1) is 24.7 Å². The zero-order chi connectivity index (χ0) is 20.1. The third-order valence-corrected chi connectivity index (χ3v) is 8.22. The summed E-state index contributed by atoms with van der Waals surface area (Å²) < 4.78 is 26.6. The fraction of sp³-hybridized carbons (Fsp3) is 0.682. The molecular weight excluding hydrogens is 372 g/mol. The number of aryl methyl sites for hydroxylation is 1. The van der Waals surface area contributed by atoms with E-state index >= 15 is 0 Å². The maximum atomic E-state index is 13.4. The number of anilines is 1. The first kappa shape index (κ1) is 19.7. The number of carbonyl (C=O) groups is 1. The van der Waals surface area contributed by atoms with E-state index in [9.17, 15) is 13.2 Å². The van der Waals surface area contributed by atoms with Gasteiger partial charge in [0.1, 0.15) is 6.04 Å². The summed E-state index contributed by atoms with van der Waals surface area (Å²) in [6.07, 6.45) is 8.74. The van der Waals surface area contributed by atoms with Gasteiger partial charge in [-0.2, -0.15) is 0 Å². The van der Waals surface area contributed by atoms with E-state index in [0.29, 0.717) is 12.1 Å². The lowest BCUT2D eigenvalue weighted by atomic mass is 9.53. The highest BCUT2D eigenvalue weighted by Crippen LogP contribution is 2.55. The van der Waals surface area contributed by atoms with Crippen LogP contribution in [0.3, 0.4) is 0 Å². The number of nitrogens with zero attached hydrogens (tertiary/aromatic N) is 1. The Hall–Kier alpha value is -1.56. The molecule has 0 aliphatic heterocycles.